The quantitative estimate of drug-likeness (QED) is 0.0316. The fraction of sp³-hybridized carbons (Fsp3) is 0.854. The molecule has 4 unspecified atom stereocenters. The van der Waals surface area contributed by atoms with Gasteiger partial charge in [-0.15, -0.1) is 0 Å². The minimum Gasteiger partial charge on any atom is -0.462 e. The van der Waals surface area contributed by atoms with Gasteiger partial charge in [-0.2, -0.15) is 0 Å². The number of hydrogen-bond acceptors (Lipinski definition) is 14. The summed E-state index contributed by atoms with van der Waals surface area (Å²) in [5.41, 5.74) is 1.34. The second-order valence-corrected chi connectivity index (χ2v) is 31.1. The SMILES string of the molecule is CCCCCC(CC)OC(=O)CCCCCCCCN(CCCCCCCCC(=O)OC(CC)CCCCC)CCCNC(=O)c1cc(CC(=O)NCCCN(C)C)cc(C(=O)NCCCN(CCCCCCCCC(=O)OC(CC)CCCCC)CCCCCCCCC(=O)OC(CC)CCCCC)c1. The number of amides is 3. The molecule has 0 heterocycles. The van der Waals surface area contributed by atoms with E-state index in [-0.39, 0.29) is 72.4 Å². The monoisotopic (exact) mass is 1490 g/mol. The Morgan fingerprint density at radius 3 is 0.830 bits per heavy atom. The fourth-order valence-corrected chi connectivity index (χ4v) is 13.9. The molecule has 0 aliphatic heterocycles. The van der Waals surface area contributed by atoms with E-state index in [0.717, 1.165) is 322 Å². The second-order valence-electron chi connectivity index (χ2n) is 31.1. The van der Waals surface area contributed by atoms with Crippen LogP contribution in [0.1, 0.15) is 409 Å². The molecular weight excluding hydrogens is 1330 g/mol. The molecule has 17 nitrogen and oxygen atoms in total. The Kier molecular flexibility index (Phi) is 66.3. The first kappa shape index (κ1) is 99.4. The fourth-order valence-electron chi connectivity index (χ4n) is 13.9. The summed E-state index contributed by atoms with van der Waals surface area (Å²) in [6.07, 6.45) is 51.0. The Balaban J connectivity index is 3.06. The molecule has 3 N–H and O–H groups in total. The molecular formula is C89H164N6O11. The molecule has 1 rings (SSSR count). The van der Waals surface area contributed by atoms with Crippen molar-refractivity contribution >= 4 is 41.6 Å². The minimum atomic E-state index is -0.267. The maximum atomic E-state index is 14.1. The van der Waals surface area contributed by atoms with Crippen molar-refractivity contribution in [3.05, 3.63) is 34.9 Å². The van der Waals surface area contributed by atoms with E-state index >= 15 is 0 Å². The van der Waals surface area contributed by atoms with Crippen molar-refractivity contribution in [1.29, 1.82) is 0 Å². The third-order valence-electron chi connectivity index (χ3n) is 20.8. The Hall–Kier alpha value is -4.61. The van der Waals surface area contributed by atoms with Crippen LogP contribution in [-0.2, 0) is 49.3 Å². The standard InChI is InChI=1S/C89H164N6O11/c1-11-19-39-54-79(15-5)103-84(97)58-43-31-23-27-35-47-66-94(67-48-36-28-24-32-44-59-85(98)104-80(16-6)55-40-20-12-2)70-52-63-91-88(101)77-72-76(74-83(96)90-62-51-65-93(9)10)73-78(75-77)89(102)92-64-53-71-95(68-49-37-29-25-33-45-60-86(99)105-81(17-7)56-41-21-13-3)69-50-38-30-26-34-46-61-87(100)106-82(18-8)57-42-22-14-4/h72-73,75,79-82H,11-71,74H2,1-10H3,(H,90,96)(H,91,101)(H,92,102). The molecule has 0 aliphatic rings. The van der Waals surface area contributed by atoms with E-state index in [9.17, 15) is 33.6 Å². The predicted octanol–water partition coefficient (Wildman–Crippen LogP) is 20.7. The van der Waals surface area contributed by atoms with Crippen LogP contribution in [0.2, 0.25) is 0 Å². The molecule has 0 bridgehead atoms. The number of esters is 4. The van der Waals surface area contributed by atoms with E-state index in [2.05, 4.69) is 86.0 Å². The van der Waals surface area contributed by atoms with Gasteiger partial charge < -0.3 is 49.6 Å². The highest BCUT2D eigenvalue weighted by Crippen LogP contribution is 2.21. The van der Waals surface area contributed by atoms with Gasteiger partial charge in [0.05, 0.1) is 6.42 Å². The number of hydrogen-bond donors (Lipinski definition) is 3. The number of carbonyl (C=O) groups excluding carboxylic acids is 7. The first-order chi connectivity index (χ1) is 51.5. The van der Waals surface area contributed by atoms with Crippen LogP contribution in [0.5, 0.6) is 0 Å². The summed E-state index contributed by atoms with van der Waals surface area (Å²) >= 11 is 0. The molecule has 0 radical (unpaired) electrons. The van der Waals surface area contributed by atoms with Crippen LogP contribution in [0.4, 0.5) is 0 Å². The average Bonchev–Trinajstić information content (AvgIpc) is 0.835. The van der Waals surface area contributed by atoms with Crippen LogP contribution in [0.25, 0.3) is 0 Å². The molecule has 0 fully saturated rings. The lowest BCUT2D eigenvalue weighted by molar-refractivity contribution is -0.150. The van der Waals surface area contributed by atoms with Gasteiger partial charge in [0.1, 0.15) is 24.4 Å². The largest absolute Gasteiger partial charge is 0.462 e. The molecule has 616 valence electrons. The van der Waals surface area contributed by atoms with Crippen LogP contribution in [-0.4, -0.2) is 160 Å². The van der Waals surface area contributed by atoms with Crippen molar-refractivity contribution in [2.24, 2.45) is 0 Å². The summed E-state index contributed by atoms with van der Waals surface area (Å²) in [5, 5.41) is 9.37. The summed E-state index contributed by atoms with van der Waals surface area (Å²) < 4.78 is 23.2. The van der Waals surface area contributed by atoms with Gasteiger partial charge in [0, 0.05) is 56.4 Å². The van der Waals surface area contributed by atoms with Crippen LogP contribution in [0, 0.1) is 0 Å². The molecule has 0 spiro atoms. The molecule has 0 saturated heterocycles. The van der Waals surface area contributed by atoms with Gasteiger partial charge in [-0.25, -0.2) is 0 Å². The third kappa shape index (κ3) is 58.4. The van der Waals surface area contributed by atoms with Crippen molar-refractivity contribution in [2.75, 3.05) is 79.5 Å². The second kappa shape index (κ2) is 70.8. The highest BCUT2D eigenvalue weighted by atomic mass is 16.6. The third-order valence-corrected chi connectivity index (χ3v) is 20.8. The molecule has 3 amide bonds. The van der Waals surface area contributed by atoms with Gasteiger partial charge in [-0.1, -0.05) is 209 Å². The highest BCUT2D eigenvalue weighted by Gasteiger charge is 2.20. The number of benzene rings is 1. The predicted molar refractivity (Wildman–Crippen MR) is 440 cm³/mol. The zero-order valence-corrected chi connectivity index (χ0v) is 70.2. The van der Waals surface area contributed by atoms with E-state index in [4.69, 9.17) is 18.9 Å². The first-order valence-electron chi connectivity index (χ1n) is 44.4. The van der Waals surface area contributed by atoms with Crippen molar-refractivity contribution < 1.29 is 52.5 Å². The van der Waals surface area contributed by atoms with E-state index in [1.165, 1.54) is 25.7 Å². The van der Waals surface area contributed by atoms with Crippen molar-refractivity contribution in [3.8, 4) is 0 Å². The molecule has 0 saturated carbocycles. The van der Waals surface area contributed by atoms with E-state index < -0.39 is 0 Å². The Morgan fingerprint density at radius 1 is 0.302 bits per heavy atom. The van der Waals surface area contributed by atoms with Crippen LogP contribution in [0.3, 0.4) is 0 Å². The molecule has 0 aromatic heterocycles. The van der Waals surface area contributed by atoms with E-state index in [1.807, 2.05) is 14.1 Å². The van der Waals surface area contributed by atoms with Crippen molar-refractivity contribution in [1.82, 2.24) is 30.7 Å². The summed E-state index contributed by atoms with van der Waals surface area (Å²) in [5.74, 6) is -0.912. The van der Waals surface area contributed by atoms with Crippen molar-refractivity contribution in [3.63, 3.8) is 0 Å². The normalized spacial score (nSPS) is 12.7. The van der Waals surface area contributed by atoms with Gasteiger partial charge in [0.2, 0.25) is 5.91 Å². The smallest absolute Gasteiger partial charge is 0.306 e. The summed E-state index contributed by atoms with van der Waals surface area (Å²) in [6, 6.07) is 5.18. The number of nitrogens with one attached hydrogen (secondary N) is 3. The number of rotatable bonds is 76. The van der Waals surface area contributed by atoms with Gasteiger partial charge in [-0.3, -0.25) is 33.6 Å². The number of ether oxygens (including phenoxy) is 4. The van der Waals surface area contributed by atoms with Gasteiger partial charge in [0.25, 0.3) is 11.8 Å². The van der Waals surface area contributed by atoms with Gasteiger partial charge in [0.15, 0.2) is 0 Å². The van der Waals surface area contributed by atoms with Crippen LogP contribution < -0.4 is 16.0 Å². The maximum absolute atomic E-state index is 14.1. The summed E-state index contributed by atoms with van der Waals surface area (Å²) in [7, 11) is 4.02. The number of nitrogens with zero attached hydrogens (tertiary/aromatic N) is 3. The summed E-state index contributed by atoms with van der Waals surface area (Å²) in [4.78, 5) is 99.2. The first-order valence-corrected chi connectivity index (χ1v) is 44.4. The molecule has 106 heavy (non-hydrogen) atoms. The molecule has 0 aliphatic carbocycles. The minimum absolute atomic E-state index is 0.0400. The Bertz CT molecular complexity index is 2090. The average molecular weight is 1490 g/mol. The highest BCUT2D eigenvalue weighted by molar-refractivity contribution is 6.00. The molecule has 4 atom stereocenters. The lowest BCUT2D eigenvalue weighted by Gasteiger charge is -2.22. The topological polar surface area (TPSA) is 202 Å². The van der Waals surface area contributed by atoms with Gasteiger partial charge in [-0.05, 0) is 231 Å². The van der Waals surface area contributed by atoms with E-state index in [1.54, 1.807) is 18.2 Å². The van der Waals surface area contributed by atoms with Crippen molar-refractivity contribution in [2.45, 2.75) is 414 Å². The summed E-state index contributed by atoms with van der Waals surface area (Å²) in [6.45, 7) is 25.1. The lowest BCUT2D eigenvalue weighted by Crippen LogP contribution is -2.32. The van der Waals surface area contributed by atoms with Crippen LogP contribution in [0.15, 0.2) is 18.2 Å². The Labute approximate surface area is 649 Å². The Morgan fingerprint density at radius 2 is 0.557 bits per heavy atom. The zero-order chi connectivity index (χ0) is 77.7. The van der Waals surface area contributed by atoms with E-state index in [0.29, 0.717) is 62.0 Å². The molecule has 1 aromatic rings. The number of unbranched alkanes of at least 4 members (excludes halogenated alkanes) is 28. The molecule has 1 aromatic carbocycles. The lowest BCUT2D eigenvalue weighted by atomic mass is 10.0. The van der Waals surface area contributed by atoms with Gasteiger partial charge >= 0.3 is 23.9 Å². The zero-order valence-electron chi connectivity index (χ0n) is 70.2. The molecule has 17 heteroatoms. The maximum Gasteiger partial charge on any atom is 0.306 e. The van der Waals surface area contributed by atoms with Crippen LogP contribution >= 0.6 is 0 Å². The number of carbonyl (C=O) groups is 7.